The zero-order valence-corrected chi connectivity index (χ0v) is 12.3. The van der Waals surface area contributed by atoms with Crippen LogP contribution in [0.25, 0.3) is 10.9 Å². The summed E-state index contributed by atoms with van der Waals surface area (Å²) in [6.45, 7) is 1.29. The second-order valence-corrected chi connectivity index (χ2v) is 5.43. The predicted octanol–water partition coefficient (Wildman–Crippen LogP) is 4.62. The number of rotatable bonds is 4. The van der Waals surface area contributed by atoms with Gasteiger partial charge in [0.05, 0.1) is 6.54 Å². The molecule has 0 atom stereocenters. The number of fused-ring (bicyclic) bond motifs is 1. The van der Waals surface area contributed by atoms with Gasteiger partial charge in [-0.05, 0) is 42.5 Å². The minimum absolute atomic E-state index is 0.208. The summed E-state index contributed by atoms with van der Waals surface area (Å²) in [4.78, 5) is 0. The number of hydrogen-bond acceptors (Lipinski definition) is 1. The molecule has 0 saturated heterocycles. The summed E-state index contributed by atoms with van der Waals surface area (Å²) in [6.07, 6.45) is 1.95. The molecular formula is C16H13BrFNO. The topological polar surface area (TPSA) is 14.2 Å². The van der Waals surface area contributed by atoms with E-state index in [1.54, 1.807) is 12.1 Å². The highest BCUT2D eigenvalue weighted by Gasteiger charge is 2.02. The maximum Gasteiger partial charge on any atom is 0.123 e. The molecule has 0 aliphatic carbocycles. The molecule has 0 saturated carbocycles. The van der Waals surface area contributed by atoms with Gasteiger partial charge in [0.2, 0.25) is 0 Å². The normalized spacial score (nSPS) is 10.9. The van der Waals surface area contributed by atoms with Crippen LogP contribution in [-0.4, -0.2) is 11.2 Å². The Hall–Kier alpha value is -1.81. The third-order valence-corrected chi connectivity index (χ3v) is 3.62. The van der Waals surface area contributed by atoms with Crippen molar-refractivity contribution in [2.24, 2.45) is 0 Å². The molecule has 0 fully saturated rings. The van der Waals surface area contributed by atoms with Crippen molar-refractivity contribution in [2.75, 3.05) is 6.61 Å². The van der Waals surface area contributed by atoms with Crippen molar-refractivity contribution in [3.05, 3.63) is 65.0 Å². The van der Waals surface area contributed by atoms with Crippen LogP contribution < -0.4 is 4.74 Å². The summed E-state index contributed by atoms with van der Waals surface area (Å²) in [7, 11) is 0. The van der Waals surface area contributed by atoms with Crippen LogP contribution in [-0.2, 0) is 6.54 Å². The minimum atomic E-state index is -0.208. The highest BCUT2D eigenvalue weighted by Crippen LogP contribution is 2.19. The highest BCUT2D eigenvalue weighted by molar-refractivity contribution is 9.10. The molecule has 2 aromatic carbocycles. The Balaban J connectivity index is 1.68. The molecule has 3 aromatic rings. The zero-order chi connectivity index (χ0) is 13.9. The van der Waals surface area contributed by atoms with Gasteiger partial charge in [0, 0.05) is 21.6 Å². The summed E-state index contributed by atoms with van der Waals surface area (Å²) in [5, 5.41) is 0.910. The van der Waals surface area contributed by atoms with E-state index in [4.69, 9.17) is 4.74 Å². The molecule has 2 nitrogen and oxygen atoms in total. The number of hydrogen-bond donors (Lipinski definition) is 0. The number of aromatic nitrogens is 1. The van der Waals surface area contributed by atoms with E-state index in [9.17, 15) is 4.39 Å². The van der Waals surface area contributed by atoms with Gasteiger partial charge < -0.3 is 9.30 Å². The average Bonchev–Trinajstić information content (AvgIpc) is 2.81. The summed E-state index contributed by atoms with van der Waals surface area (Å²) >= 11 is 3.41. The first-order chi connectivity index (χ1) is 9.72. The van der Waals surface area contributed by atoms with E-state index in [-0.39, 0.29) is 5.82 Å². The molecule has 102 valence electrons. The Morgan fingerprint density at radius 2 is 2.00 bits per heavy atom. The van der Waals surface area contributed by atoms with Gasteiger partial charge in [-0.2, -0.15) is 0 Å². The molecule has 0 radical (unpaired) electrons. The van der Waals surface area contributed by atoms with Crippen molar-refractivity contribution in [1.29, 1.82) is 0 Å². The minimum Gasteiger partial charge on any atom is -0.492 e. The van der Waals surface area contributed by atoms with Gasteiger partial charge in [0.1, 0.15) is 18.2 Å². The average molecular weight is 334 g/mol. The van der Waals surface area contributed by atoms with Gasteiger partial charge in [-0.3, -0.25) is 0 Å². The highest BCUT2D eigenvalue weighted by atomic mass is 79.9. The summed E-state index contributed by atoms with van der Waals surface area (Å²) in [5.41, 5.74) is 1.02. The fourth-order valence-electron chi connectivity index (χ4n) is 2.18. The van der Waals surface area contributed by atoms with E-state index in [0.29, 0.717) is 6.61 Å². The lowest BCUT2D eigenvalue weighted by atomic mass is 10.2. The van der Waals surface area contributed by atoms with E-state index >= 15 is 0 Å². The second-order valence-electron chi connectivity index (χ2n) is 4.52. The Morgan fingerprint density at radius 3 is 2.85 bits per heavy atom. The van der Waals surface area contributed by atoms with Crippen LogP contribution in [0.15, 0.2) is 59.2 Å². The van der Waals surface area contributed by atoms with Crippen molar-refractivity contribution < 1.29 is 9.13 Å². The lowest BCUT2D eigenvalue weighted by molar-refractivity contribution is 0.300. The maximum atomic E-state index is 13.1. The predicted molar refractivity (Wildman–Crippen MR) is 81.5 cm³/mol. The van der Waals surface area contributed by atoms with Crippen LogP contribution in [0.3, 0.4) is 0 Å². The maximum absolute atomic E-state index is 13.1. The van der Waals surface area contributed by atoms with E-state index in [0.717, 1.165) is 27.7 Å². The first kappa shape index (κ1) is 13.2. The number of ether oxygens (including phenoxy) is 1. The first-order valence-electron chi connectivity index (χ1n) is 6.35. The first-order valence-corrected chi connectivity index (χ1v) is 7.14. The quantitative estimate of drug-likeness (QED) is 0.679. The van der Waals surface area contributed by atoms with Crippen LogP contribution >= 0.6 is 15.9 Å². The largest absolute Gasteiger partial charge is 0.492 e. The molecule has 0 aliphatic heterocycles. The van der Waals surface area contributed by atoms with Crippen molar-refractivity contribution in [2.45, 2.75) is 6.54 Å². The molecule has 0 unspecified atom stereocenters. The molecule has 0 spiro atoms. The molecule has 1 aromatic heterocycles. The molecule has 0 amide bonds. The van der Waals surface area contributed by atoms with Crippen LogP contribution in [0.5, 0.6) is 5.75 Å². The molecule has 3 rings (SSSR count). The Bertz CT molecular complexity index is 738. The summed E-state index contributed by atoms with van der Waals surface area (Å²) < 4.78 is 21.9. The lowest BCUT2D eigenvalue weighted by Crippen LogP contribution is -2.07. The van der Waals surface area contributed by atoms with Crippen molar-refractivity contribution in [3.8, 4) is 5.75 Å². The molecule has 1 heterocycles. The van der Waals surface area contributed by atoms with Gasteiger partial charge in [-0.15, -0.1) is 0 Å². The smallest absolute Gasteiger partial charge is 0.123 e. The van der Waals surface area contributed by atoms with Crippen molar-refractivity contribution >= 4 is 26.8 Å². The monoisotopic (exact) mass is 333 g/mol. The number of benzene rings is 2. The molecule has 0 aliphatic rings. The van der Waals surface area contributed by atoms with E-state index < -0.39 is 0 Å². The van der Waals surface area contributed by atoms with Crippen LogP contribution in [0.1, 0.15) is 0 Å². The van der Waals surface area contributed by atoms with Crippen molar-refractivity contribution in [3.63, 3.8) is 0 Å². The second kappa shape index (κ2) is 5.67. The van der Waals surface area contributed by atoms with Crippen LogP contribution in [0, 0.1) is 5.82 Å². The van der Waals surface area contributed by atoms with Gasteiger partial charge in [-0.1, -0.05) is 22.0 Å². The van der Waals surface area contributed by atoms with Gasteiger partial charge in [-0.25, -0.2) is 4.39 Å². The molecule has 4 heteroatoms. The van der Waals surface area contributed by atoms with Crippen molar-refractivity contribution in [1.82, 2.24) is 4.57 Å². The molecular weight excluding hydrogens is 321 g/mol. The zero-order valence-electron chi connectivity index (χ0n) is 10.7. The lowest BCUT2D eigenvalue weighted by Gasteiger charge is -2.08. The van der Waals surface area contributed by atoms with Gasteiger partial charge >= 0.3 is 0 Å². The number of nitrogens with zero attached hydrogens (tertiary/aromatic N) is 1. The van der Waals surface area contributed by atoms with Crippen LogP contribution in [0.2, 0.25) is 0 Å². The standard InChI is InChI=1S/C16H13BrFNO/c17-13-2-1-3-15(11-13)20-9-8-19-7-6-12-10-14(18)4-5-16(12)19/h1-7,10-11H,8-9H2. The SMILES string of the molecule is Fc1ccc2c(ccn2CCOc2cccc(Br)c2)c1. The fourth-order valence-corrected chi connectivity index (χ4v) is 2.56. The van der Waals surface area contributed by atoms with Crippen LogP contribution in [0.4, 0.5) is 4.39 Å². The molecule has 0 N–H and O–H groups in total. The summed E-state index contributed by atoms with van der Waals surface area (Å²) in [5.74, 6) is 0.627. The van der Waals surface area contributed by atoms with E-state index in [2.05, 4.69) is 20.5 Å². The third kappa shape index (κ3) is 2.85. The van der Waals surface area contributed by atoms with Gasteiger partial charge in [0.25, 0.3) is 0 Å². The third-order valence-electron chi connectivity index (χ3n) is 3.13. The Kier molecular flexibility index (Phi) is 3.74. The molecule has 20 heavy (non-hydrogen) atoms. The Labute approximate surface area is 124 Å². The summed E-state index contributed by atoms with van der Waals surface area (Å²) in [6, 6.07) is 14.5. The van der Waals surface area contributed by atoms with E-state index in [1.165, 1.54) is 6.07 Å². The molecule has 0 bridgehead atoms. The Morgan fingerprint density at radius 1 is 1.10 bits per heavy atom. The number of halogens is 2. The van der Waals surface area contributed by atoms with Gasteiger partial charge in [0.15, 0.2) is 0 Å². The van der Waals surface area contributed by atoms with E-state index in [1.807, 2.05) is 36.5 Å². The fraction of sp³-hybridized carbons (Fsp3) is 0.125.